The Morgan fingerprint density at radius 3 is 2.42 bits per heavy atom. The highest BCUT2D eigenvalue weighted by molar-refractivity contribution is 5.40. The topological polar surface area (TPSA) is 44.5 Å². The van der Waals surface area contributed by atoms with E-state index in [0.29, 0.717) is 0 Å². The highest BCUT2D eigenvalue weighted by Crippen LogP contribution is 2.42. The minimum absolute atomic E-state index is 0.132. The lowest BCUT2D eigenvalue weighted by Gasteiger charge is -2.41. The van der Waals surface area contributed by atoms with E-state index in [9.17, 15) is 0 Å². The molecule has 3 nitrogen and oxygen atoms in total. The maximum absolute atomic E-state index is 6.56. The van der Waals surface area contributed by atoms with Gasteiger partial charge in [-0.15, -0.1) is 0 Å². The van der Waals surface area contributed by atoms with E-state index in [1.165, 1.54) is 24.8 Å². The first-order valence-electron chi connectivity index (χ1n) is 7.08. The number of benzene rings is 1. The Labute approximate surface area is 116 Å². The van der Waals surface area contributed by atoms with Crippen molar-refractivity contribution in [2.75, 3.05) is 14.2 Å². The first kappa shape index (κ1) is 14.4. The SMILES string of the molecule is COc1ccc(C)cc1C(N)C1(OC)CCCCC1. The van der Waals surface area contributed by atoms with Gasteiger partial charge in [0.25, 0.3) is 0 Å². The fourth-order valence-electron chi connectivity index (χ4n) is 3.17. The number of ether oxygens (including phenoxy) is 2. The van der Waals surface area contributed by atoms with Crippen molar-refractivity contribution in [1.29, 1.82) is 0 Å². The summed E-state index contributed by atoms with van der Waals surface area (Å²) < 4.78 is 11.3. The summed E-state index contributed by atoms with van der Waals surface area (Å²) in [5.74, 6) is 0.861. The molecule has 1 fully saturated rings. The van der Waals surface area contributed by atoms with Crippen molar-refractivity contribution < 1.29 is 9.47 Å². The first-order chi connectivity index (χ1) is 9.13. The van der Waals surface area contributed by atoms with E-state index in [1.807, 2.05) is 6.07 Å². The molecule has 1 unspecified atom stereocenters. The Balaban J connectivity index is 2.36. The van der Waals surface area contributed by atoms with E-state index in [4.69, 9.17) is 15.2 Å². The molecular weight excluding hydrogens is 238 g/mol. The Hall–Kier alpha value is -1.06. The normalized spacial score (nSPS) is 20.0. The highest BCUT2D eigenvalue weighted by atomic mass is 16.5. The molecule has 0 bridgehead atoms. The molecule has 1 saturated carbocycles. The zero-order chi connectivity index (χ0) is 13.9. The van der Waals surface area contributed by atoms with Gasteiger partial charge in [0.15, 0.2) is 0 Å². The molecule has 1 aromatic rings. The molecule has 19 heavy (non-hydrogen) atoms. The molecule has 0 amide bonds. The summed E-state index contributed by atoms with van der Waals surface area (Å²) in [6.45, 7) is 2.08. The molecule has 2 rings (SSSR count). The van der Waals surface area contributed by atoms with Gasteiger partial charge in [-0.05, 0) is 25.8 Å². The van der Waals surface area contributed by atoms with Gasteiger partial charge in [0.05, 0.1) is 18.8 Å². The van der Waals surface area contributed by atoms with Gasteiger partial charge < -0.3 is 15.2 Å². The Morgan fingerprint density at radius 2 is 1.84 bits per heavy atom. The molecule has 2 N–H and O–H groups in total. The Bertz CT molecular complexity index is 425. The van der Waals surface area contributed by atoms with E-state index in [0.717, 1.165) is 24.2 Å². The van der Waals surface area contributed by atoms with E-state index in [1.54, 1.807) is 14.2 Å². The summed E-state index contributed by atoms with van der Waals surface area (Å²) in [4.78, 5) is 0. The summed E-state index contributed by atoms with van der Waals surface area (Å²) in [5, 5.41) is 0. The molecule has 0 spiro atoms. The molecule has 0 aromatic heterocycles. The van der Waals surface area contributed by atoms with E-state index >= 15 is 0 Å². The quantitative estimate of drug-likeness (QED) is 0.906. The molecule has 1 aliphatic carbocycles. The van der Waals surface area contributed by atoms with Crippen LogP contribution in [0.4, 0.5) is 0 Å². The molecule has 0 saturated heterocycles. The molecule has 106 valence electrons. The zero-order valence-electron chi connectivity index (χ0n) is 12.2. The van der Waals surface area contributed by atoms with Crippen LogP contribution in [0.2, 0.25) is 0 Å². The maximum Gasteiger partial charge on any atom is 0.123 e. The van der Waals surface area contributed by atoms with E-state index in [2.05, 4.69) is 19.1 Å². The van der Waals surface area contributed by atoms with Crippen molar-refractivity contribution in [2.45, 2.75) is 50.7 Å². The number of rotatable bonds is 4. The molecule has 0 heterocycles. The fraction of sp³-hybridized carbons (Fsp3) is 0.625. The fourth-order valence-corrected chi connectivity index (χ4v) is 3.17. The summed E-state index contributed by atoms with van der Waals surface area (Å²) in [7, 11) is 3.48. The second kappa shape index (κ2) is 5.93. The standard InChI is InChI=1S/C16H25NO2/c1-12-7-8-14(18-2)13(11-12)15(17)16(19-3)9-5-4-6-10-16/h7-8,11,15H,4-6,9-10,17H2,1-3H3. The molecule has 0 aliphatic heterocycles. The minimum Gasteiger partial charge on any atom is -0.496 e. The monoisotopic (exact) mass is 263 g/mol. The van der Waals surface area contributed by atoms with Gasteiger partial charge in [0, 0.05) is 12.7 Å². The molecular formula is C16H25NO2. The number of nitrogens with two attached hydrogens (primary N) is 1. The lowest BCUT2D eigenvalue weighted by Crippen LogP contribution is -2.44. The van der Waals surface area contributed by atoms with Gasteiger partial charge in [-0.2, -0.15) is 0 Å². The lowest BCUT2D eigenvalue weighted by molar-refractivity contribution is -0.0599. The van der Waals surface area contributed by atoms with Crippen LogP contribution in [0.5, 0.6) is 5.75 Å². The number of hydrogen-bond donors (Lipinski definition) is 1. The summed E-state index contributed by atoms with van der Waals surface area (Å²) in [5.41, 5.74) is 8.58. The smallest absolute Gasteiger partial charge is 0.123 e. The maximum atomic E-state index is 6.56. The van der Waals surface area contributed by atoms with Crippen LogP contribution in [-0.2, 0) is 4.74 Å². The van der Waals surface area contributed by atoms with Crippen LogP contribution in [0.3, 0.4) is 0 Å². The van der Waals surface area contributed by atoms with Gasteiger partial charge in [-0.25, -0.2) is 0 Å². The van der Waals surface area contributed by atoms with Gasteiger partial charge in [-0.1, -0.05) is 37.0 Å². The zero-order valence-corrected chi connectivity index (χ0v) is 12.2. The van der Waals surface area contributed by atoms with Crippen molar-refractivity contribution in [3.8, 4) is 5.75 Å². The second-order valence-electron chi connectivity index (χ2n) is 5.55. The van der Waals surface area contributed by atoms with Crippen LogP contribution in [0.1, 0.15) is 49.3 Å². The second-order valence-corrected chi connectivity index (χ2v) is 5.55. The number of methoxy groups -OCH3 is 2. The Morgan fingerprint density at radius 1 is 1.16 bits per heavy atom. The third kappa shape index (κ3) is 2.77. The van der Waals surface area contributed by atoms with Crippen molar-refractivity contribution in [3.05, 3.63) is 29.3 Å². The van der Waals surface area contributed by atoms with Crippen LogP contribution < -0.4 is 10.5 Å². The van der Waals surface area contributed by atoms with Crippen molar-refractivity contribution in [1.82, 2.24) is 0 Å². The first-order valence-corrected chi connectivity index (χ1v) is 7.08. The van der Waals surface area contributed by atoms with Crippen LogP contribution in [0.25, 0.3) is 0 Å². The van der Waals surface area contributed by atoms with Gasteiger partial charge in [0.2, 0.25) is 0 Å². The summed E-state index contributed by atoms with van der Waals surface area (Å²) >= 11 is 0. The predicted octanol–water partition coefficient (Wildman–Crippen LogP) is 3.35. The van der Waals surface area contributed by atoms with E-state index in [-0.39, 0.29) is 11.6 Å². The van der Waals surface area contributed by atoms with Crippen LogP contribution >= 0.6 is 0 Å². The van der Waals surface area contributed by atoms with Crippen LogP contribution in [0, 0.1) is 6.92 Å². The molecule has 1 aliphatic rings. The van der Waals surface area contributed by atoms with Gasteiger partial charge >= 0.3 is 0 Å². The third-order valence-electron chi connectivity index (χ3n) is 4.39. The molecule has 0 radical (unpaired) electrons. The van der Waals surface area contributed by atoms with Crippen molar-refractivity contribution in [3.63, 3.8) is 0 Å². The average Bonchev–Trinajstić information content (AvgIpc) is 2.47. The van der Waals surface area contributed by atoms with Crippen molar-refractivity contribution >= 4 is 0 Å². The molecule has 3 heteroatoms. The van der Waals surface area contributed by atoms with Crippen molar-refractivity contribution in [2.24, 2.45) is 5.73 Å². The predicted molar refractivity (Wildman–Crippen MR) is 77.5 cm³/mol. The summed E-state index contributed by atoms with van der Waals surface area (Å²) in [6, 6.07) is 6.04. The van der Waals surface area contributed by atoms with Crippen LogP contribution in [-0.4, -0.2) is 19.8 Å². The third-order valence-corrected chi connectivity index (χ3v) is 4.39. The minimum atomic E-state index is -0.237. The lowest BCUT2D eigenvalue weighted by atomic mass is 9.76. The van der Waals surface area contributed by atoms with E-state index < -0.39 is 0 Å². The molecule has 1 aromatic carbocycles. The number of aryl methyl sites for hydroxylation is 1. The van der Waals surface area contributed by atoms with Gasteiger partial charge in [0.1, 0.15) is 5.75 Å². The van der Waals surface area contributed by atoms with Crippen LogP contribution in [0.15, 0.2) is 18.2 Å². The molecule has 1 atom stereocenters. The summed E-state index contributed by atoms with van der Waals surface area (Å²) in [6.07, 6.45) is 5.72. The highest BCUT2D eigenvalue weighted by Gasteiger charge is 2.40. The Kier molecular flexibility index (Phi) is 4.48. The number of hydrogen-bond acceptors (Lipinski definition) is 3. The van der Waals surface area contributed by atoms with Gasteiger partial charge in [-0.3, -0.25) is 0 Å². The average molecular weight is 263 g/mol. The largest absolute Gasteiger partial charge is 0.496 e.